The van der Waals surface area contributed by atoms with E-state index in [1.54, 1.807) is 0 Å². The summed E-state index contributed by atoms with van der Waals surface area (Å²) in [4.78, 5) is 0. The van der Waals surface area contributed by atoms with Crippen LogP contribution in [-0.4, -0.2) is 10.9 Å². The minimum atomic E-state index is 0.449. The number of unbranched alkanes of at least 4 members (excludes halogenated alkanes) is 5. The molecule has 0 unspecified atom stereocenters. The summed E-state index contributed by atoms with van der Waals surface area (Å²) in [6, 6.07) is 5.96. The van der Waals surface area contributed by atoms with E-state index in [0.717, 1.165) is 16.9 Å². The summed E-state index contributed by atoms with van der Waals surface area (Å²) in [7, 11) is 0. The average Bonchev–Trinajstić information content (AvgIpc) is 2.35. The molecule has 0 aliphatic carbocycles. The Hall–Kier alpha value is -0.630. The van der Waals surface area contributed by atoms with Gasteiger partial charge in [-0.2, -0.15) is 11.8 Å². The van der Waals surface area contributed by atoms with Gasteiger partial charge in [0.25, 0.3) is 0 Å². The third kappa shape index (κ3) is 6.34. The molecule has 1 aromatic carbocycles. The molecule has 0 aliphatic heterocycles. The van der Waals surface area contributed by atoms with Crippen molar-refractivity contribution < 1.29 is 5.11 Å². The number of aryl methyl sites for hydroxylation is 1. The van der Waals surface area contributed by atoms with Crippen molar-refractivity contribution in [3.05, 3.63) is 29.3 Å². The van der Waals surface area contributed by atoms with Gasteiger partial charge in [0.2, 0.25) is 0 Å². The van der Waals surface area contributed by atoms with Crippen molar-refractivity contribution in [1.82, 2.24) is 0 Å². The minimum Gasteiger partial charge on any atom is -0.508 e. The van der Waals surface area contributed by atoms with Crippen LogP contribution in [0.25, 0.3) is 0 Å². The first-order valence-corrected chi connectivity index (χ1v) is 8.25. The molecule has 1 rings (SSSR count). The second-order valence-corrected chi connectivity index (χ2v) is 6.06. The zero-order valence-electron chi connectivity index (χ0n) is 11.7. The molecule has 0 saturated heterocycles. The topological polar surface area (TPSA) is 20.2 Å². The number of phenols is 1. The number of phenolic OH excluding ortho intramolecular Hbond substituents is 1. The second-order valence-electron chi connectivity index (χ2n) is 4.95. The molecule has 0 radical (unpaired) electrons. The van der Waals surface area contributed by atoms with E-state index in [1.807, 2.05) is 30.8 Å². The van der Waals surface area contributed by atoms with Crippen molar-refractivity contribution in [2.75, 3.05) is 5.75 Å². The van der Waals surface area contributed by atoms with Gasteiger partial charge in [0.05, 0.1) is 0 Å². The third-order valence-electron chi connectivity index (χ3n) is 3.14. The molecule has 0 heterocycles. The number of hydrogen-bond acceptors (Lipinski definition) is 2. The first kappa shape index (κ1) is 15.4. The van der Waals surface area contributed by atoms with Crippen molar-refractivity contribution in [1.29, 1.82) is 0 Å². The molecular formula is C16H26OS. The van der Waals surface area contributed by atoms with Crippen LogP contribution in [0.5, 0.6) is 5.75 Å². The molecule has 0 aromatic heterocycles. The molecule has 1 N–H and O–H groups in total. The summed E-state index contributed by atoms with van der Waals surface area (Å²) in [5, 5.41) is 9.78. The molecule has 1 aromatic rings. The Morgan fingerprint density at radius 1 is 1.06 bits per heavy atom. The summed E-state index contributed by atoms with van der Waals surface area (Å²) in [5.41, 5.74) is 2.19. The summed E-state index contributed by atoms with van der Waals surface area (Å²) in [6.45, 7) is 4.26. The highest BCUT2D eigenvalue weighted by molar-refractivity contribution is 7.98. The average molecular weight is 266 g/mol. The molecule has 0 amide bonds. The monoisotopic (exact) mass is 266 g/mol. The van der Waals surface area contributed by atoms with Crippen LogP contribution >= 0.6 is 11.8 Å². The maximum Gasteiger partial charge on any atom is 0.119 e. The Kier molecular flexibility index (Phi) is 7.99. The smallest absolute Gasteiger partial charge is 0.119 e. The lowest BCUT2D eigenvalue weighted by Gasteiger charge is -2.05. The second kappa shape index (κ2) is 9.32. The van der Waals surface area contributed by atoms with Gasteiger partial charge in [-0.1, -0.05) is 51.2 Å². The van der Waals surface area contributed by atoms with E-state index in [-0.39, 0.29) is 0 Å². The lowest BCUT2D eigenvalue weighted by molar-refractivity contribution is 0.470. The van der Waals surface area contributed by atoms with E-state index >= 15 is 0 Å². The fraction of sp³-hybridized carbons (Fsp3) is 0.625. The molecule has 0 bridgehead atoms. The molecule has 0 fully saturated rings. The van der Waals surface area contributed by atoms with E-state index in [1.165, 1.54) is 44.3 Å². The van der Waals surface area contributed by atoms with Crippen LogP contribution < -0.4 is 0 Å². The van der Waals surface area contributed by atoms with E-state index in [4.69, 9.17) is 0 Å². The van der Waals surface area contributed by atoms with Crippen molar-refractivity contribution in [3.63, 3.8) is 0 Å². The van der Waals surface area contributed by atoms with Gasteiger partial charge >= 0.3 is 0 Å². The molecule has 2 heteroatoms. The molecule has 0 saturated carbocycles. The SMILES string of the molecule is CCCCCCCCSCc1ccc(C)cc1O. The first-order chi connectivity index (χ1) is 8.74. The van der Waals surface area contributed by atoms with Crippen LogP contribution in [0.2, 0.25) is 0 Å². The van der Waals surface area contributed by atoms with Crippen LogP contribution in [0.3, 0.4) is 0 Å². The van der Waals surface area contributed by atoms with Crippen molar-refractivity contribution in [2.24, 2.45) is 0 Å². The van der Waals surface area contributed by atoms with Gasteiger partial charge in [-0.3, -0.25) is 0 Å². The van der Waals surface area contributed by atoms with E-state index in [2.05, 4.69) is 13.0 Å². The fourth-order valence-electron chi connectivity index (χ4n) is 1.96. The van der Waals surface area contributed by atoms with E-state index < -0.39 is 0 Å². The number of benzene rings is 1. The summed E-state index contributed by atoms with van der Waals surface area (Å²) in [5.74, 6) is 2.59. The highest BCUT2D eigenvalue weighted by atomic mass is 32.2. The van der Waals surface area contributed by atoms with Gasteiger partial charge in [0.1, 0.15) is 5.75 Å². The minimum absolute atomic E-state index is 0.449. The number of aromatic hydroxyl groups is 1. The Morgan fingerprint density at radius 3 is 2.50 bits per heavy atom. The van der Waals surface area contributed by atoms with Gasteiger partial charge in [0.15, 0.2) is 0 Å². The molecule has 1 nitrogen and oxygen atoms in total. The summed E-state index contributed by atoms with van der Waals surface area (Å²) < 4.78 is 0. The maximum absolute atomic E-state index is 9.78. The first-order valence-electron chi connectivity index (χ1n) is 7.10. The molecule has 18 heavy (non-hydrogen) atoms. The molecule has 0 spiro atoms. The zero-order valence-corrected chi connectivity index (χ0v) is 12.6. The Morgan fingerprint density at radius 2 is 1.78 bits per heavy atom. The van der Waals surface area contributed by atoms with Crippen LogP contribution in [0.4, 0.5) is 0 Å². The standard InChI is InChI=1S/C16H26OS/c1-3-4-5-6-7-8-11-18-13-15-10-9-14(2)12-16(15)17/h9-10,12,17H,3-8,11,13H2,1-2H3. The highest BCUT2D eigenvalue weighted by Gasteiger charge is 2.01. The van der Waals surface area contributed by atoms with Gasteiger partial charge in [-0.15, -0.1) is 0 Å². The van der Waals surface area contributed by atoms with Crippen LogP contribution in [0.1, 0.15) is 56.6 Å². The highest BCUT2D eigenvalue weighted by Crippen LogP contribution is 2.24. The van der Waals surface area contributed by atoms with Gasteiger partial charge < -0.3 is 5.11 Å². The van der Waals surface area contributed by atoms with Gasteiger partial charge in [-0.05, 0) is 30.7 Å². The lowest BCUT2D eigenvalue weighted by Crippen LogP contribution is -1.86. The fourth-order valence-corrected chi connectivity index (χ4v) is 2.98. The van der Waals surface area contributed by atoms with Crippen molar-refractivity contribution >= 4 is 11.8 Å². The van der Waals surface area contributed by atoms with Gasteiger partial charge in [-0.25, -0.2) is 0 Å². The molecule has 102 valence electrons. The number of rotatable bonds is 9. The number of thioether (sulfide) groups is 1. The lowest BCUT2D eigenvalue weighted by atomic mass is 10.1. The maximum atomic E-state index is 9.78. The molecule has 0 atom stereocenters. The van der Waals surface area contributed by atoms with Crippen LogP contribution in [0, 0.1) is 6.92 Å². The summed E-state index contributed by atoms with van der Waals surface area (Å²) in [6.07, 6.45) is 8.13. The predicted octanol–water partition coefficient (Wildman–Crippen LogP) is 5.29. The van der Waals surface area contributed by atoms with Gasteiger partial charge in [0, 0.05) is 11.3 Å². The zero-order chi connectivity index (χ0) is 13.2. The summed E-state index contributed by atoms with van der Waals surface area (Å²) >= 11 is 1.93. The van der Waals surface area contributed by atoms with Crippen LogP contribution in [-0.2, 0) is 5.75 Å². The quantitative estimate of drug-likeness (QED) is 0.612. The Labute approximate surface area is 116 Å². The van der Waals surface area contributed by atoms with Crippen molar-refractivity contribution in [3.8, 4) is 5.75 Å². The van der Waals surface area contributed by atoms with E-state index in [9.17, 15) is 5.11 Å². The van der Waals surface area contributed by atoms with E-state index in [0.29, 0.717) is 5.75 Å². The normalized spacial score (nSPS) is 10.8. The number of hydrogen-bond donors (Lipinski definition) is 1. The Balaban J connectivity index is 2.07. The van der Waals surface area contributed by atoms with Crippen molar-refractivity contribution in [2.45, 2.75) is 58.1 Å². The van der Waals surface area contributed by atoms with Crippen LogP contribution in [0.15, 0.2) is 18.2 Å². The molecular weight excluding hydrogens is 240 g/mol. The molecule has 0 aliphatic rings. The Bertz CT molecular complexity index is 336. The third-order valence-corrected chi connectivity index (χ3v) is 4.23. The predicted molar refractivity (Wildman–Crippen MR) is 82.4 cm³/mol. The largest absolute Gasteiger partial charge is 0.508 e.